The number of hydrogen-bond acceptors (Lipinski definition) is 7. The van der Waals surface area contributed by atoms with Gasteiger partial charge in [-0.25, -0.2) is 8.42 Å². The van der Waals surface area contributed by atoms with E-state index in [1.165, 1.54) is 36.5 Å². The first-order chi connectivity index (χ1) is 14.8. The SMILES string of the molecule is Cc1cc(NS(=O)(=O)c2ccc(N/C=C(/C#N)C(=O)Nc3ccc(Br)cc3)cc2)no1. The lowest BCUT2D eigenvalue weighted by Gasteiger charge is -2.07. The molecule has 0 atom stereocenters. The number of sulfonamides is 1. The quantitative estimate of drug-likeness (QED) is 0.328. The number of aryl methyl sites for hydroxylation is 1. The number of carbonyl (C=O) groups is 1. The van der Waals surface area contributed by atoms with Gasteiger partial charge < -0.3 is 15.2 Å². The molecule has 0 spiro atoms. The summed E-state index contributed by atoms with van der Waals surface area (Å²) in [4.78, 5) is 12.3. The maximum atomic E-state index is 12.4. The molecule has 0 aliphatic carbocycles. The largest absolute Gasteiger partial charge is 0.360 e. The molecule has 3 rings (SSSR count). The van der Waals surface area contributed by atoms with E-state index in [2.05, 4.69) is 36.4 Å². The standard InChI is InChI=1S/C20H16BrN5O4S/c1-13-10-19(25-30-13)26-31(28,29)18-8-6-16(7-9-18)23-12-14(11-22)20(27)24-17-4-2-15(21)3-5-17/h2-10,12,23H,1H3,(H,24,27)(H,25,26)/b14-12-. The Labute approximate surface area is 186 Å². The molecule has 0 saturated carbocycles. The molecular weight excluding hydrogens is 486 g/mol. The Morgan fingerprint density at radius 3 is 2.35 bits per heavy atom. The van der Waals surface area contributed by atoms with E-state index >= 15 is 0 Å². The van der Waals surface area contributed by atoms with Gasteiger partial charge in [-0.05, 0) is 55.5 Å². The molecule has 158 valence electrons. The lowest BCUT2D eigenvalue weighted by atomic mass is 10.2. The van der Waals surface area contributed by atoms with E-state index in [1.54, 1.807) is 31.2 Å². The number of rotatable bonds is 7. The van der Waals surface area contributed by atoms with Gasteiger partial charge >= 0.3 is 0 Å². The van der Waals surface area contributed by atoms with E-state index in [0.717, 1.165) is 4.47 Å². The third-order valence-corrected chi connectivity index (χ3v) is 5.78. The molecule has 1 heterocycles. The molecule has 0 aliphatic rings. The van der Waals surface area contributed by atoms with Crippen LogP contribution in [0.5, 0.6) is 0 Å². The van der Waals surface area contributed by atoms with E-state index in [1.807, 2.05) is 6.07 Å². The summed E-state index contributed by atoms with van der Waals surface area (Å²) in [5.74, 6) is -0.0248. The Morgan fingerprint density at radius 2 is 1.77 bits per heavy atom. The summed E-state index contributed by atoms with van der Waals surface area (Å²) in [5, 5.41) is 18.3. The van der Waals surface area contributed by atoms with Gasteiger partial charge in [0.2, 0.25) is 0 Å². The van der Waals surface area contributed by atoms with Crippen molar-refractivity contribution in [3.63, 3.8) is 0 Å². The normalized spacial score (nSPS) is 11.5. The molecule has 1 aromatic heterocycles. The first kappa shape index (κ1) is 22.1. The molecule has 9 nitrogen and oxygen atoms in total. The number of benzene rings is 2. The van der Waals surface area contributed by atoms with Crippen molar-refractivity contribution in [3.8, 4) is 6.07 Å². The monoisotopic (exact) mass is 501 g/mol. The van der Waals surface area contributed by atoms with Crippen molar-refractivity contribution in [2.75, 3.05) is 15.4 Å². The summed E-state index contributed by atoms with van der Waals surface area (Å²) in [7, 11) is -3.84. The van der Waals surface area contributed by atoms with Crippen LogP contribution in [-0.2, 0) is 14.8 Å². The highest BCUT2D eigenvalue weighted by Crippen LogP contribution is 2.19. The summed E-state index contributed by atoms with van der Waals surface area (Å²) in [6.07, 6.45) is 1.24. The molecule has 11 heteroatoms. The fourth-order valence-corrected chi connectivity index (χ4v) is 3.63. The molecule has 0 unspecified atom stereocenters. The van der Waals surface area contributed by atoms with Crippen molar-refractivity contribution in [3.05, 3.63) is 76.6 Å². The van der Waals surface area contributed by atoms with E-state index < -0.39 is 15.9 Å². The van der Waals surface area contributed by atoms with Crippen LogP contribution in [0.4, 0.5) is 17.2 Å². The molecule has 0 saturated heterocycles. The Balaban J connectivity index is 1.66. The van der Waals surface area contributed by atoms with Crippen molar-refractivity contribution < 1.29 is 17.7 Å². The van der Waals surface area contributed by atoms with Crippen molar-refractivity contribution >= 4 is 49.1 Å². The minimum Gasteiger partial charge on any atom is -0.360 e. The first-order valence-electron chi connectivity index (χ1n) is 8.77. The minimum atomic E-state index is -3.84. The zero-order chi connectivity index (χ0) is 22.4. The van der Waals surface area contributed by atoms with Gasteiger partial charge in [-0.2, -0.15) is 5.26 Å². The molecule has 0 radical (unpaired) electrons. The van der Waals surface area contributed by atoms with Crippen molar-refractivity contribution in [2.45, 2.75) is 11.8 Å². The molecule has 0 bridgehead atoms. The Morgan fingerprint density at radius 1 is 1.13 bits per heavy atom. The summed E-state index contributed by atoms with van der Waals surface area (Å²) in [6.45, 7) is 1.65. The van der Waals surface area contributed by atoms with E-state index in [9.17, 15) is 18.5 Å². The third kappa shape index (κ3) is 5.94. The number of amides is 1. The fraction of sp³-hybridized carbons (Fsp3) is 0.0500. The fourth-order valence-electron chi connectivity index (χ4n) is 2.38. The third-order valence-electron chi connectivity index (χ3n) is 3.88. The van der Waals surface area contributed by atoms with E-state index in [0.29, 0.717) is 17.1 Å². The van der Waals surface area contributed by atoms with Gasteiger partial charge in [-0.3, -0.25) is 9.52 Å². The molecule has 3 aromatic rings. The van der Waals surface area contributed by atoms with Gasteiger partial charge in [0.05, 0.1) is 4.90 Å². The maximum Gasteiger partial charge on any atom is 0.267 e. The highest BCUT2D eigenvalue weighted by Gasteiger charge is 2.16. The lowest BCUT2D eigenvalue weighted by molar-refractivity contribution is -0.112. The number of nitrogens with zero attached hydrogens (tertiary/aromatic N) is 2. The molecule has 2 aromatic carbocycles. The van der Waals surface area contributed by atoms with Gasteiger partial charge in [0.1, 0.15) is 17.4 Å². The predicted molar refractivity (Wildman–Crippen MR) is 119 cm³/mol. The van der Waals surface area contributed by atoms with Crippen molar-refractivity contribution in [1.82, 2.24) is 5.16 Å². The highest BCUT2D eigenvalue weighted by atomic mass is 79.9. The number of halogens is 1. The van der Waals surface area contributed by atoms with Gasteiger partial charge in [0.15, 0.2) is 5.82 Å². The van der Waals surface area contributed by atoms with E-state index in [-0.39, 0.29) is 16.3 Å². The second-order valence-corrected chi connectivity index (χ2v) is 8.83. The van der Waals surface area contributed by atoms with Gasteiger partial charge in [-0.15, -0.1) is 0 Å². The summed E-state index contributed by atoms with van der Waals surface area (Å²) in [6, 6.07) is 15.9. The van der Waals surface area contributed by atoms with Crippen LogP contribution in [-0.4, -0.2) is 19.5 Å². The second-order valence-electron chi connectivity index (χ2n) is 6.23. The van der Waals surface area contributed by atoms with Crippen LogP contribution in [0.25, 0.3) is 0 Å². The van der Waals surface area contributed by atoms with Gasteiger partial charge in [-0.1, -0.05) is 21.1 Å². The molecular formula is C20H16BrN5O4S. The van der Waals surface area contributed by atoms with Gasteiger partial charge in [0.25, 0.3) is 15.9 Å². The molecule has 31 heavy (non-hydrogen) atoms. The molecule has 3 N–H and O–H groups in total. The van der Waals surface area contributed by atoms with Crippen LogP contribution in [0.3, 0.4) is 0 Å². The molecule has 1 amide bonds. The predicted octanol–water partition coefficient (Wildman–Crippen LogP) is 4.00. The average Bonchev–Trinajstić information content (AvgIpc) is 3.14. The molecule has 0 fully saturated rings. The number of nitriles is 1. The Hall–Kier alpha value is -3.62. The van der Waals surface area contributed by atoms with Crippen molar-refractivity contribution in [2.24, 2.45) is 0 Å². The summed E-state index contributed by atoms with van der Waals surface area (Å²) < 4.78 is 32.8. The van der Waals surface area contributed by atoms with Crippen LogP contribution < -0.4 is 15.4 Å². The number of nitrogens with one attached hydrogen (secondary N) is 3. The van der Waals surface area contributed by atoms with E-state index in [4.69, 9.17) is 4.52 Å². The zero-order valence-corrected chi connectivity index (χ0v) is 18.5. The average molecular weight is 502 g/mol. The number of aromatic nitrogens is 1. The topological polar surface area (TPSA) is 137 Å². The number of anilines is 3. The first-order valence-corrected chi connectivity index (χ1v) is 11.0. The minimum absolute atomic E-state index is 0.0103. The molecule has 0 aliphatic heterocycles. The van der Waals surface area contributed by atoms with Crippen LogP contribution in [0.1, 0.15) is 5.76 Å². The summed E-state index contributed by atoms with van der Waals surface area (Å²) in [5.41, 5.74) is 0.877. The zero-order valence-electron chi connectivity index (χ0n) is 16.1. The maximum absolute atomic E-state index is 12.4. The second kappa shape index (κ2) is 9.46. The Bertz CT molecular complexity index is 1260. The van der Waals surface area contributed by atoms with Crippen LogP contribution in [0, 0.1) is 18.3 Å². The number of hydrogen-bond donors (Lipinski definition) is 3. The number of carbonyl (C=O) groups excluding carboxylic acids is 1. The van der Waals surface area contributed by atoms with Crippen molar-refractivity contribution in [1.29, 1.82) is 5.26 Å². The lowest BCUT2D eigenvalue weighted by Crippen LogP contribution is -2.14. The highest BCUT2D eigenvalue weighted by molar-refractivity contribution is 9.10. The summed E-state index contributed by atoms with van der Waals surface area (Å²) >= 11 is 3.30. The van der Waals surface area contributed by atoms with Crippen LogP contribution in [0.15, 0.2) is 80.3 Å². The van der Waals surface area contributed by atoms with Gasteiger partial charge in [0, 0.05) is 28.1 Å². The Kier molecular flexibility index (Phi) is 6.74. The smallest absolute Gasteiger partial charge is 0.267 e. The van der Waals surface area contributed by atoms with Crippen LogP contribution in [0.2, 0.25) is 0 Å². The van der Waals surface area contributed by atoms with Crippen LogP contribution >= 0.6 is 15.9 Å².